The number of likely N-dealkylation sites (tertiary alicyclic amines) is 1. The molecular weight excluding hydrogens is 208 g/mol. The maximum Gasteiger partial charge on any atom is 0.326 e. The molecule has 2 N–H and O–H groups in total. The van der Waals surface area contributed by atoms with E-state index in [0.29, 0.717) is 13.0 Å². The first kappa shape index (κ1) is 11.2. The van der Waals surface area contributed by atoms with Crippen LogP contribution in [-0.4, -0.2) is 40.6 Å². The van der Waals surface area contributed by atoms with Crippen LogP contribution < -0.4 is 5.32 Å². The molecule has 1 saturated carbocycles. The van der Waals surface area contributed by atoms with Crippen LogP contribution in [0.5, 0.6) is 0 Å². The minimum Gasteiger partial charge on any atom is -0.480 e. The van der Waals surface area contributed by atoms with Crippen LogP contribution in [0.3, 0.4) is 0 Å². The second-order valence-electron chi connectivity index (χ2n) is 4.62. The van der Waals surface area contributed by atoms with Gasteiger partial charge in [0, 0.05) is 12.6 Å². The number of aliphatic carboxylic acids is 1. The molecule has 5 heteroatoms. The molecule has 0 radical (unpaired) electrons. The second kappa shape index (κ2) is 4.72. The number of nitrogens with one attached hydrogen (secondary N) is 1. The summed E-state index contributed by atoms with van der Waals surface area (Å²) < 4.78 is 0. The highest BCUT2D eigenvalue weighted by atomic mass is 16.4. The number of carbonyl (C=O) groups is 2. The third-order valence-electron chi connectivity index (χ3n) is 3.48. The van der Waals surface area contributed by atoms with Crippen LogP contribution in [0.4, 0.5) is 4.79 Å². The first-order valence-corrected chi connectivity index (χ1v) is 5.98. The molecule has 1 atom stereocenters. The fourth-order valence-electron chi connectivity index (χ4n) is 2.24. The van der Waals surface area contributed by atoms with E-state index in [1.165, 1.54) is 4.90 Å². The van der Waals surface area contributed by atoms with Crippen molar-refractivity contribution in [2.75, 3.05) is 6.54 Å². The minimum atomic E-state index is -0.886. The van der Waals surface area contributed by atoms with Crippen LogP contribution in [0.25, 0.3) is 0 Å². The summed E-state index contributed by atoms with van der Waals surface area (Å²) in [5.74, 6) is -0.886. The van der Waals surface area contributed by atoms with Crippen molar-refractivity contribution in [3.8, 4) is 0 Å². The normalized spacial score (nSPS) is 26.0. The zero-order valence-corrected chi connectivity index (χ0v) is 9.32. The van der Waals surface area contributed by atoms with E-state index in [-0.39, 0.29) is 12.1 Å². The molecule has 0 aromatic rings. The predicted molar refractivity (Wildman–Crippen MR) is 58.2 cm³/mol. The molecule has 1 aliphatic heterocycles. The van der Waals surface area contributed by atoms with Gasteiger partial charge in [0.05, 0.1) is 0 Å². The Balaban J connectivity index is 1.93. The number of hydrogen-bond acceptors (Lipinski definition) is 2. The van der Waals surface area contributed by atoms with Gasteiger partial charge in [-0.05, 0) is 38.5 Å². The number of carboxylic acids is 1. The van der Waals surface area contributed by atoms with Crippen molar-refractivity contribution in [2.45, 2.75) is 50.6 Å². The van der Waals surface area contributed by atoms with Gasteiger partial charge in [-0.2, -0.15) is 0 Å². The van der Waals surface area contributed by atoms with Crippen molar-refractivity contribution in [2.24, 2.45) is 0 Å². The van der Waals surface area contributed by atoms with Crippen molar-refractivity contribution in [3.63, 3.8) is 0 Å². The summed E-state index contributed by atoms with van der Waals surface area (Å²) in [7, 11) is 0. The summed E-state index contributed by atoms with van der Waals surface area (Å²) >= 11 is 0. The molecule has 1 heterocycles. The SMILES string of the molecule is O=C(O)C1CCCCN1C(=O)NC1CCC1. The number of urea groups is 1. The summed E-state index contributed by atoms with van der Waals surface area (Å²) in [6, 6.07) is -0.561. The molecule has 90 valence electrons. The molecule has 0 bridgehead atoms. The number of piperidine rings is 1. The molecule has 2 rings (SSSR count). The highest BCUT2D eigenvalue weighted by Crippen LogP contribution is 2.21. The Kier molecular flexibility index (Phi) is 3.31. The van der Waals surface area contributed by atoms with Crippen LogP contribution in [0.1, 0.15) is 38.5 Å². The number of carboxylic acid groups (broad SMARTS) is 1. The quantitative estimate of drug-likeness (QED) is 0.743. The van der Waals surface area contributed by atoms with Crippen molar-refractivity contribution in [1.29, 1.82) is 0 Å². The number of nitrogens with zero attached hydrogens (tertiary/aromatic N) is 1. The van der Waals surface area contributed by atoms with E-state index >= 15 is 0 Å². The van der Waals surface area contributed by atoms with Crippen LogP contribution in [0.2, 0.25) is 0 Å². The molecule has 1 saturated heterocycles. The Labute approximate surface area is 94.8 Å². The fraction of sp³-hybridized carbons (Fsp3) is 0.818. The molecule has 16 heavy (non-hydrogen) atoms. The number of rotatable bonds is 2. The summed E-state index contributed by atoms with van der Waals surface area (Å²) in [6.07, 6.45) is 5.58. The Morgan fingerprint density at radius 3 is 2.44 bits per heavy atom. The van der Waals surface area contributed by atoms with Crippen LogP contribution in [-0.2, 0) is 4.79 Å². The smallest absolute Gasteiger partial charge is 0.326 e. The van der Waals surface area contributed by atoms with Gasteiger partial charge >= 0.3 is 12.0 Å². The van der Waals surface area contributed by atoms with Crippen molar-refractivity contribution < 1.29 is 14.7 Å². The van der Waals surface area contributed by atoms with E-state index in [0.717, 1.165) is 32.1 Å². The van der Waals surface area contributed by atoms with Crippen molar-refractivity contribution in [1.82, 2.24) is 10.2 Å². The van der Waals surface area contributed by atoms with Gasteiger partial charge < -0.3 is 15.3 Å². The Morgan fingerprint density at radius 1 is 1.12 bits per heavy atom. The number of carbonyl (C=O) groups excluding carboxylic acids is 1. The molecule has 0 aromatic heterocycles. The van der Waals surface area contributed by atoms with Gasteiger partial charge in [0.15, 0.2) is 0 Å². The molecule has 1 aliphatic carbocycles. The maximum absolute atomic E-state index is 11.9. The van der Waals surface area contributed by atoms with E-state index in [1.807, 2.05) is 0 Å². The van der Waals surface area contributed by atoms with E-state index < -0.39 is 12.0 Å². The largest absolute Gasteiger partial charge is 0.480 e. The van der Waals surface area contributed by atoms with Crippen LogP contribution in [0.15, 0.2) is 0 Å². The average molecular weight is 226 g/mol. The summed E-state index contributed by atoms with van der Waals surface area (Å²) in [6.45, 7) is 0.565. The van der Waals surface area contributed by atoms with Gasteiger partial charge in [0.2, 0.25) is 0 Å². The lowest BCUT2D eigenvalue weighted by Crippen LogP contribution is -2.54. The maximum atomic E-state index is 11.9. The second-order valence-corrected chi connectivity index (χ2v) is 4.62. The lowest BCUT2D eigenvalue weighted by atomic mass is 9.93. The predicted octanol–water partition coefficient (Wildman–Crippen LogP) is 1.19. The minimum absolute atomic E-state index is 0.197. The molecule has 0 spiro atoms. The van der Waals surface area contributed by atoms with E-state index in [2.05, 4.69) is 5.32 Å². The van der Waals surface area contributed by atoms with E-state index in [1.54, 1.807) is 0 Å². The average Bonchev–Trinajstić information content (AvgIpc) is 2.23. The summed E-state index contributed by atoms with van der Waals surface area (Å²) in [4.78, 5) is 24.4. The van der Waals surface area contributed by atoms with Crippen LogP contribution in [0, 0.1) is 0 Å². The van der Waals surface area contributed by atoms with Crippen LogP contribution >= 0.6 is 0 Å². The van der Waals surface area contributed by atoms with Gasteiger partial charge in [-0.15, -0.1) is 0 Å². The van der Waals surface area contributed by atoms with Crippen molar-refractivity contribution >= 4 is 12.0 Å². The summed E-state index contributed by atoms with van der Waals surface area (Å²) in [5.41, 5.74) is 0. The molecule has 2 amide bonds. The highest BCUT2D eigenvalue weighted by molar-refractivity contribution is 5.83. The molecule has 0 aromatic carbocycles. The third-order valence-corrected chi connectivity index (χ3v) is 3.48. The first-order chi connectivity index (χ1) is 7.68. The topological polar surface area (TPSA) is 69.6 Å². The fourth-order valence-corrected chi connectivity index (χ4v) is 2.24. The van der Waals surface area contributed by atoms with E-state index in [9.17, 15) is 9.59 Å². The Hall–Kier alpha value is -1.26. The van der Waals surface area contributed by atoms with Crippen molar-refractivity contribution in [3.05, 3.63) is 0 Å². The standard InChI is InChI=1S/C11H18N2O3/c14-10(15)9-6-1-2-7-13(9)11(16)12-8-4-3-5-8/h8-9H,1-7H2,(H,12,16)(H,14,15). The molecular formula is C11H18N2O3. The molecule has 1 unspecified atom stereocenters. The zero-order chi connectivity index (χ0) is 11.5. The Morgan fingerprint density at radius 2 is 1.88 bits per heavy atom. The lowest BCUT2D eigenvalue weighted by molar-refractivity contribution is -0.143. The molecule has 2 fully saturated rings. The highest BCUT2D eigenvalue weighted by Gasteiger charge is 2.33. The Bertz CT molecular complexity index is 289. The van der Waals surface area contributed by atoms with Gasteiger partial charge in [-0.25, -0.2) is 9.59 Å². The third kappa shape index (κ3) is 2.28. The first-order valence-electron chi connectivity index (χ1n) is 5.98. The number of hydrogen-bond donors (Lipinski definition) is 2. The lowest BCUT2D eigenvalue weighted by Gasteiger charge is -2.36. The van der Waals surface area contributed by atoms with E-state index in [4.69, 9.17) is 5.11 Å². The summed E-state index contributed by atoms with van der Waals surface area (Å²) in [5, 5.41) is 11.9. The molecule has 2 aliphatic rings. The van der Waals surface area contributed by atoms with Gasteiger partial charge in [0.25, 0.3) is 0 Å². The number of amides is 2. The monoisotopic (exact) mass is 226 g/mol. The molecule has 5 nitrogen and oxygen atoms in total. The van der Waals surface area contributed by atoms with Gasteiger partial charge in [0.1, 0.15) is 6.04 Å². The van der Waals surface area contributed by atoms with Gasteiger partial charge in [-0.1, -0.05) is 0 Å². The van der Waals surface area contributed by atoms with Gasteiger partial charge in [-0.3, -0.25) is 0 Å². The zero-order valence-electron chi connectivity index (χ0n) is 9.32.